The standard InChI is InChI=1S/C42H68N2O5/c1-27(2)28-14-20-42(43-33(45)17-25-44-23-10-11-24-44)22-21-40(8)29(35(28)42)12-13-31-39(7)18-16-32(49-34(46)26-37(3,4)36(47)48)38(5,6)30(39)15-19-41(31,40)9/h28-32,35H,1,10-26H2,2-9H3,(H,43,45)(H,47,48)/t28-,29+,30?,31?,32-,35?,39-,40+,41+,42-/m0/s1. The van der Waals surface area contributed by atoms with Crippen LogP contribution in [-0.4, -0.2) is 59.1 Å². The van der Waals surface area contributed by atoms with E-state index in [0.717, 1.165) is 58.2 Å². The molecule has 7 nitrogen and oxygen atoms in total. The normalized spacial score (nSPS) is 43.0. The Hall–Kier alpha value is -1.89. The van der Waals surface area contributed by atoms with Crippen molar-refractivity contribution in [3.8, 4) is 0 Å². The van der Waals surface area contributed by atoms with Gasteiger partial charge in [0.2, 0.25) is 5.91 Å². The molecule has 1 amide bonds. The fourth-order valence-electron chi connectivity index (χ4n) is 13.8. The van der Waals surface area contributed by atoms with Crippen LogP contribution in [0, 0.1) is 56.7 Å². The van der Waals surface area contributed by atoms with Crippen molar-refractivity contribution in [3.05, 3.63) is 12.2 Å². The topological polar surface area (TPSA) is 95.9 Å². The number of allylic oxidation sites excluding steroid dienone is 1. The van der Waals surface area contributed by atoms with Crippen LogP contribution in [0.1, 0.15) is 145 Å². The van der Waals surface area contributed by atoms with Gasteiger partial charge in [-0.2, -0.15) is 0 Å². The number of nitrogens with zero attached hydrogens (tertiary/aromatic N) is 1. The molecule has 0 aromatic carbocycles. The van der Waals surface area contributed by atoms with E-state index in [2.05, 4.69) is 58.3 Å². The molecule has 5 aliphatic carbocycles. The molecule has 10 atom stereocenters. The van der Waals surface area contributed by atoms with Crippen LogP contribution < -0.4 is 5.32 Å². The number of nitrogens with one attached hydrogen (secondary N) is 1. The minimum atomic E-state index is -1.14. The van der Waals surface area contributed by atoms with Crippen LogP contribution in [0.15, 0.2) is 12.2 Å². The number of amides is 1. The molecule has 6 aliphatic rings. The number of aliphatic carboxylic acids is 1. The summed E-state index contributed by atoms with van der Waals surface area (Å²) in [5.41, 5.74) is 0.391. The van der Waals surface area contributed by atoms with Gasteiger partial charge in [-0.15, -0.1) is 0 Å². The SMILES string of the molecule is C=C(C)[C@@H]1CC[C@]2(NC(=O)CCN3CCCC3)CC[C@]3(C)[C@H](CCC4[C@@]5(C)CC[C@H](OC(=O)CC(C)(C)C(=O)O)C(C)(C)C5CC[C@]43C)C12. The first-order valence-corrected chi connectivity index (χ1v) is 19.9. The fourth-order valence-corrected chi connectivity index (χ4v) is 13.8. The number of carboxylic acids is 1. The predicted molar refractivity (Wildman–Crippen MR) is 194 cm³/mol. The molecule has 5 saturated carbocycles. The number of ether oxygens (including phenoxy) is 1. The Bertz CT molecular complexity index is 1330. The summed E-state index contributed by atoms with van der Waals surface area (Å²) in [6.45, 7) is 25.6. The van der Waals surface area contributed by atoms with Crippen molar-refractivity contribution in [2.45, 2.75) is 157 Å². The van der Waals surface area contributed by atoms with E-state index in [1.54, 1.807) is 13.8 Å². The Kier molecular flexibility index (Phi) is 9.53. The number of hydrogen-bond acceptors (Lipinski definition) is 5. The van der Waals surface area contributed by atoms with Gasteiger partial charge in [-0.3, -0.25) is 14.4 Å². The van der Waals surface area contributed by atoms with Gasteiger partial charge in [-0.1, -0.05) is 46.8 Å². The van der Waals surface area contributed by atoms with E-state index in [0.29, 0.717) is 36.0 Å². The lowest BCUT2D eigenvalue weighted by molar-refractivity contribution is -0.246. The summed E-state index contributed by atoms with van der Waals surface area (Å²) in [6.07, 6.45) is 13.9. The van der Waals surface area contributed by atoms with Crippen molar-refractivity contribution in [1.29, 1.82) is 0 Å². The molecule has 0 bridgehead atoms. The first-order chi connectivity index (χ1) is 22.8. The summed E-state index contributed by atoms with van der Waals surface area (Å²) in [6, 6.07) is 0. The summed E-state index contributed by atoms with van der Waals surface area (Å²) in [7, 11) is 0. The zero-order valence-electron chi connectivity index (χ0n) is 32.2. The van der Waals surface area contributed by atoms with Crippen LogP contribution in [0.25, 0.3) is 0 Å². The third-order valence-electron chi connectivity index (χ3n) is 16.7. The van der Waals surface area contributed by atoms with Gasteiger partial charge in [0.05, 0.1) is 11.8 Å². The van der Waals surface area contributed by atoms with Crippen molar-refractivity contribution >= 4 is 17.8 Å². The van der Waals surface area contributed by atoms with Crippen molar-refractivity contribution < 1.29 is 24.2 Å². The number of carboxylic acid groups (broad SMARTS) is 1. The minimum absolute atomic E-state index is 0.107. The van der Waals surface area contributed by atoms with Crippen LogP contribution >= 0.6 is 0 Å². The van der Waals surface area contributed by atoms with E-state index < -0.39 is 11.4 Å². The zero-order chi connectivity index (χ0) is 35.8. The van der Waals surface area contributed by atoms with Crippen LogP contribution in [0.4, 0.5) is 0 Å². The van der Waals surface area contributed by atoms with Gasteiger partial charge in [0, 0.05) is 23.9 Å². The molecule has 276 valence electrons. The van der Waals surface area contributed by atoms with Crippen LogP contribution in [-0.2, 0) is 19.1 Å². The van der Waals surface area contributed by atoms with Gasteiger partial charge in [0.1, 0.15) is 6.10 Å². The highest BCUT2D eigenvalue weighted by molar-refractivity contribution is 5.81. The highest BCUT2D eigenvalue weighted by atomic mass is 16.5. The summed E-state index contributed by atoms with van der Waals surface area (Å²) in [5.74, 6) is 1.40. The van der Waals surface area contributed by atoms with Gasteiger partial charge in [0.25, 0.3) is 0 Å². The summed E-state index contributed by atoms with van der Waals surface area (Å²) >= 11 is 0. The third kappa shape index (κ3) is 5.92. The Morgan fingerprint density at radius 3 is 2.22 bits per heavy atom. The highest BCUT2D eigenvalue weighted by Gasteiger charge is 2.71. The Morgan fingerprint density at radius 2 is 1.57 bits per heavy atom. The smallest absolute Gasteiger partial charge is 0.309 e. The first-order valence-electron chi connectivity index (χ1n) is 19.9. The quantitative estimate of drug-likeness (QED) is 0.188. The number of esters is 1. The van der Waals surface area contributed by atoms with Crippen LogP contribution in [0.3, 0.4) is 0 Å². The molecule has 49 heavy (non-hydrogen) atoms. The second-order valence-electron chi connectivity index (χ2n) is 19.9. The van der Waals surface area contributed by atoms with Crippen molar-refractivity contribution in [1.82, 2.24) is 10.2 Å². The average molecular weight is 681 g/mol. The second kappa shape index (κ2) is 12.7. The largest absolute Gasteiger partial charge is 0.481 e. The second-order valence-corrected chi connectivity index (χ2v) is 19.9. The molecular weight excluding hydrogens is 612 g/mol. The van der Waals surface area contributed by atoms with Gasteiger partial charge in [0.15, 0.2) is 0 Å². The van der Waals surface area contributed by atoms with E-state index in [9.17, 15) is 19.5 Å². The van der Waals surface area contributed by atoms with Crippen molar-refractivity contribution in [2.75, 3.05) is 19.6 Å². The number of hydrogen-bond donors (Lipinski definition) is 2. The maximum absolute atomic E-state index is 13.6. The average Bonchev–Trinajstić information content (AvgIpc) is 3.66. The molecule has 7 heteroatoms. The predicted octanol–water partition coefficient (Wildman–Crippen LogP) is 8.41. The molecule has 0 aromatic rings. The maximum Gasteiger partial charge on any atom is 0.309 e. The molecular formula is C42H68N2O5. The summed E-state index contributed by atoms with van der Waals surface area (Å²) < 4.78 is 6.18. The Balaban J connectivity index is 1.22. The fraction of sp³-hybridized carbons (Fsp3) is 0.881. The number of likely N-dealkylation sites (tertiary alicyclic amines) is 1. The summed E-state index contributed by atoms with van der Waals surface area (Å²) in [5, 5.41) is 13.4. The van der Waals surface area contributed by atoms with Crippen LogP contribution in [0.2, 0.25) is 0 Å². The third-order valence-corrected chi connectivity index (χ3v) is 16.7. The Morgan fingerprint density at radius 1 is 0.878 bits per heavy atom. The molecule has 1 heterocycles. The first kappa shape index (κ1) is 36.9. The van der Waals surface area contributed by atoms with E-state index in [4.69, 9.17) is 4.74 Å². The van der Waals surface area contributed by atoms with Gasteiger partial charge in [-0.05, 0) is 157 Å². The molecule has 0 spiro atoms. The van der Waals surface area contributed by atoms with E-state index in [1.165, 1.54) is 44.1 Å². The molecule has 0 radical (unpaired) electrons. The van der Waals surface area contributed by atoms with Crippen LogP contribution in [0.5, 0.6) is 0 Å². The lowest BCUT2D eigenvalue weighted by Gasteiger charge is -2.73. The molecule has 3 unspecified atom stereocenters. The Labute approximate surface area is 297 Å². The maximum atomic E-state index is 13.6. The zero-order valence-corrected chi connectivity index (χ0v) is 32.2. The van der Waals surface area contributed by atoms with Gasteiger partial charge < -0.3 is 20.1 Å². The molecule has 0 aromatic heterocycles. The van der Waals surface area contributed by atoms with Gasteiger partial charge >= 0.3 is 11.9 Å². The number of carbonyl (C=O) groups is 3. The van der Waals surface area contributed by atoms with Crippen molar-refractivity contribution in [2.24, 2.45) is 56.7 Å². The molecule has 2 N–H and O–H groups in total. The molecule has 6 rings (SSSR count). The molecule has 1 saturated heterocycles. The van der Waals surface area contributed by atoms with Gasteiger partial charge in [-0.25, -0.2) is 0 Å². The summed E-state index contributed by atoms with van der Waals surface area (Å²) in [4.78, 5) is 40.9. The number of rotatable bonds is 9. The van der Waals surface area contributed by atoms with E-state index in [-0.39, 0.29) is 51.6 Å². The molecule has 6 fully saturated rings. The van der Waals surface area contributed by atoms with E-state index in [1.807, 2.05) is 0 Å². The number of carbonyl (C=O) groups excluding carboxylic acids is 2. The lowest BCUT2D eigenvalue weighted by Crippen LogP contribution is -2.69. The number of fused-ring (bicyclic) bond motifs is 7. The minimum Gasteiger partial charge on any atom is -0.481 e. The van der Waals surface area contributed by atoms with E-state index >= 15 is 0 Å². The lowest BCUT2D eigenvalue weighted by atomic mass is 9.32. The highest BCUT2D eigenvalue weighted by Crippen LogP contribution is 2.76. The van der Waals surface area contributed by atoms with Crippen molar-refractivity contribution in [3.63, 3.8) is 0 Å². The monoisotopic (exact) mass is 681 g/mol. The molecule has 1 aliphatic heterocycles.